The van der Waals surface area contributed by atoms with E-state index in [4.69, 9.17) is 11.5 Å². The summed E-state index contributed by atoms with van der Waals surface area (Å²) in [5, 5.41) is 0. The molecule has 0 aliphatic rings. The van der Waals surface area contributed by atoms with Crippen molar-refractivity contribution in [2.24, 2.45) is 0 Å². The van der Waals surface area contributed by atoms with Crippen LogP contribution in [-0.4, -0.2) is 10.8 Å². The second kappa shape index (κ2) is 5.18. The molecule has 5 heteroatoms. The van der Waals surface area contributed by atoms with Gasteiger partial charge in [-0.1, -0.05) is 22.0 Å². The Bertz CT molecular complexity index is 599. The van der Waals surface area contributed by atoms with Gasteiger partial charge in [-0.3, -0.25) is 4.79 Å². The Balaban J connectivity index is 2.28. The summed E-state index contributed by atoms with van der Waals surface area (Å²) in [5.74, 6) is 0.333. The number of carbonyl (C=O) groups is 1. The Morgan fingerprint density at radius 1 is 1.28 bits per heavy atom. The molecular formula is C13H12BrN3O. The smallest absolute Gasteiger partial charge is 0.168 e. The van der Waals surface area contributed by atoms with Crippen LogP contribution in [0.15, 0.2) is 41.0 Å². The molecule has 0 bridgehead atoms. The van der Waals surface area contributed by atoms with Crippen molar-refractivity contribution in [3.05, 3.63) is 52.1 Å². The number of pyridine rings is 1. The normalized spacial score (nSPS) is 10.3. The second-order valence-electron chi connectivity index (χ2n) is 3.89. The Morgan fingerprint density at radius 2 is 2.06 bits per heavy atom. The van der Waals surface area contributed by atoms with Gasteiger partial charge in [0.1, 0.15) is 5.82 Å². The van der Waals surface area contributed by atoms with Crippen LogP contribution in [0.1, 0.15) is 15.9 Å². The van der Waals surface area contributed by atoms with E-state index < -0.39 is 0 Å². The number of halogens is 1. The van der Waals surface area contributed by atoms with E-state index in [0.717, 1.165) is 10.0 Å². The molecule has 0 unspecified atom stereocenters. The highest BCUT2D eigenvalue weighted by molar-refractivity contribution is 9.10. The lowest BCUT2D eigenvalue weighted by Gasteiger charge is -2.06. The lowest BCUT2D eigenvalue weighted by atomic mass is 10.0. The van der Waals surface area contributed by atoms with E-state index in [1.165, 1.54) is 0 Å². The summed E-state index contributed by atoms with van der Waals surface area (Å²) in [5.41, 5.74) is 13.2. The molecule has 0 aliphatic carbocycles. The summed E-state index contributed by atoms with van der Waals surface area (Å²) in [4.78, 5) is 16.1. The Hall–Kier alpha value is -1.88. The maximum atomic E-state index is 12.2. The number of benzene rings is 1. The van der Waals surface area contributed by atoms with Gasteiger partial charge in [0.15, 0.2) is 5.78 Å². The number of rotatable bonds is 3. The lowest BCUT2D eigenvalue weighted by Crippen LogP contribution is -2.08. The number of aromatic nitrogens is 1. The Labute approximate surface area is 113 Å². The van der Waals surface area contributed by atoms with Gasteiger partial charge in [-0.15, -0.1) is 0 Å². The number of carbonyl (C=O) groups excluding carboxylic acids is 1. The average molecular weight is 306 g/mol. The fourth-order valence-corrected chi connectivity index (χ4v) is 2.09. The minimum Gasteiger partial charge on any atom is -0.399 e. The number of nitrogens with two attached hydrogens (primary N) is 2. The Kier molecular flexibility index (Phi) is 3.62. The minimum absolute atomic E-state index is 0.0473. The zero-order chi connectivity index (χ0) is 13.1. The number of anilines is 2. The Morgan fingerprint density at radius 3 is 2.78 bits per heavy atom. The van der Waals surface area contributed by atoms with E-state index in [9.17, 15) is 4.79 Å². The van der Waals surface area contributed by atoms with Gasteiger partial charge in [0.25, 0.3) is 0 Å². The predicted molar refractivity (Wildman–Crippen MR) is 75.2 cm³/mol. The van der Waals surface area contributed by atoms with Crippen LogP contribution in [-0.2, 0) is 6.42 Å². The molecule has 0 saturated heterocycles. The second-order valence-corrected chi connectivity index (χ2v) is 4.74. The van der Waals surface area contributed by atoms with Crippen molar-refractivity contribution in [3.8, 4) is 0 Å². The summed E-state index contributed by atoms with van der Waals surface area (Å²) < 4.78 is 0.726. The highest BCUT2D eigenvalue weighted by atomic mass is 79.9. The molecule has 4 N–H and O–H groups in total. The third kappa shape index (κ3) is 2.68. The average Bonchev–Trinajstić information content (AvgIpc) is 2.35. The van der Waals surface area contributed by atoms with Crippen LogP contribution in [0.3, 0.4) is 0 Å². The topological polar surface area (TPSA) is 82.0 Å². The molecule has 1 aromatic carbocycles. The molecule has 4 nitrogen and oxygen atoms in total. The molecule has 92 valence electrons. The predicted octanol–water partition coefficient (Wildman–Crippen LogP) is 2.43. The van der Waals surface area contributed by atoms with E-state index in [0.29, 0.717) is 17.1 Å². The van der Waals surface area contributed by atoms with Crippen molar-refractivity contribution in [1.29, 1.82) is 0 Å². The maximum Gasteiger partial charge on any atom is 0.168 e. The lowest BCUT2D eigenvalue weighted by molar-refractivity contribution is 0.0992. The molecule has 1 aromatic heterocycles. The van der Waals surface area contributed by atoms with Crippen LogP contribution in [0, 0.1) is 0 Å². The molecular weight excluding hydrogens is 294 g/mol. The fourth-order valence-electron chi connectivity index (χ4n) is 1.63. The van der Waals surface area contributed by atoms with Crippen molar-refractivity contribution in [1.82, 2.24) is 4.98 Å². The molecule has 18 heavy (non-hydrogen) atoms. The highest BCUT2D eigenvalue weighted by Crippen LogP contribution is 2.22. The van der Waals surface area contributed by atoms with Gasteiger partial charge in [0, 0.05) is 33.9 Å². The van der Waals surface area contributed by atoms with Crippen LogP contribution in [0.4, 0.5) is 11.5 Å². The fraction of sp³-hybridized carbons (Fsp3) is 0.0769. The van der Waals surface area contributed by atoms with Gasteiger partial charge in [-0.2, -0.15) is 0 Å². The molecule has 0 fully saturated rings. The monoisotopic (exact) mass is 305 g/mol. The summed E-state index contributed by atoms with van der Waals surface area (Å²) in [6.45, 7) is 0. The summed E-state index contributed by atoms with van der Waals surface area (Å²) >= 11 is 3.34. The molecule has 0 saturated carbocycles. The van der Waals surface area contributed by atoms with Gasteiger partial charge in [-0.25, -0.2) is 4.98 Å². The number of nitrogens with zero attached hydrogens (tertiary/aromatic N) is 1. The summed E-state index contributed by atoms with van der Waals surface area (Å²) in [6.07, 6.45) is 1.81. The molecule has 0 atom stereocenters. The quantitative estimate of drug-likeness (QED) is 0.674. The van der Waals surface area contributed by atoms with Crippen molar-refractivity contribution < 1.29 is 4.79 Å². The molecule has 0 amide bonds. The van der Waals surface area contributed by atoms with Crippen molar-refractivity contribution >= 4 is 33.2 Å². The first-order valence-electron chi connectivity index (χ1n) is 5.35. The third-order valence-corrected chi connectivity index (χ3v) is 3.26. The van der Waals surface area contributed by atoms with Crippen LogP contribution in [0.2, 0.25) is 0 Å². The molecule has 0 spiro atoms. The standard InChI is InChI=1S/C13H12BrN3O/c14-11-4-3-9(15)7-10(11)12(18)6-8-2-1-5-17-13(8)16/h1-5,7H,6,15H2,(H2,16,17). The maximum absolute atomic E-state index is 12.2. The first kappa shape index (κ1) is 12.6. The molecule has 0 radical (unpaired) electrons. The van der Waals surface area contributed by atoms with Gasteiger partial charge in [0.05, 0.1) is 0 Å². The number of hydrogen-bond donors (Lipinski definition) is 2. The van der Waals surface area contributed by atoms with E-state index >= 15 is 0 Å². The van der Waals surface area contributed by atoms with E-state index in [1.54, 1.807) is 36.5 Å². The van der Waals surface area contributed by atoms with Crippen molar-refractivity contribution in [2.75, 3.05) is 11.5 Å². The van der Waals surface area contributed by atoms with Gasteiger partial charge in [0.2, 0.25) is 0 Å². The molecule has 0 aliphatic heterocycles. The van der Waals surface area contributed by atoms with E-state index in [2.05, 4.69) is 20.9 Å². The number of Topliss-reactive ketones (excluding diaryl/α,β-unsaturated/α-hetero) is 1. The first-order valence-corrected chi connectivity index (χ1v) is 6.15. The van der Waals surface area contributed by atoms with E-state index in [1.807, 2.05) is 0 Å². The zero-order valence-corrected chi connectivity index (χ0v) is 11.1. The van der Waals surface area contributed by atoms with E-state index in [-0.39, 0.29) is 12.2 Å². The summed E-state index contributed by atoms with van der Waals surface area (Å²) in [7, 11) is 0. The number of ketones is 1. The van der Waals surface area contributed by atoms with Gasteiger partial charge in [-0.05, 0) is 24.3 Å². The SMILES string of the molecule is Nc1ccc(Br)c(C(=O)Cc2cccnc2N)c1. The summed E-state index contributed by atoms with van der Waals surface area (Å²) in [6, 6.07) is 8.70. The van der Waals surface area contributed by atoms with Crippen molar-refractivity contribution in [2.45, 2.75) is 6.42 Å². The van der Waals surface area contributed by atoms with Gasteiger partial charge < -0.3 is 11.5 Å². The molecule has 2 rings (SSSR count). The molecule has 2 aromatic rings. The largest absolute Gasteiger partial charge is 0.399 e. The third-order valence-electron chi connectivity index (χ3n) is 2.57. The number of nitrogen functional groups attached to an aromatic ring is 2. The zero-order valence-electron chi connectivity index (χ0n) is 9.56. The van der Waals surface area contributed by atoms with Crippen LogP contribution >= 0.6 is 15.9 Å². The van der Waals surface area contributed by atoms with Crippen LogP contribution in [0.5, 0.6) is 0 Å². The van der Waals surface area contributed by atoms with Crippen molar-refractivity contribution in [3.63, 3.8) is 0 Å². The highest BCUT2D eigenvalue weighted by Gasteiger charge is 2.13. The number of hydrogen-bond acceptors (Lipinski definition) is 4. The first-order chi connectivity index (χ1) is 8.58. The minimum atomic E-state index is -0.0473. The van der Waals surface area contributed by atoms with Crippen LogP contribution in [0.25, 0.3) is 0 Å². The van der Waals surface area contributed by atoms with Gasteiger partial charge >= 0.3 is 0 Å². The molecule has 1 heterocycles. The van der Waals surface area contributed by atoms with Crippen LogP contribution < -0.4 is 11.5 Å².